The molecule has 0 radical (unpaired) electrons. The van der Waals surface area contributed by atoms with E-state index >= 15 is 0 Å². The van der Waals surface area contributed by atoms with Crippen LogP contribution in [0.25, 0.3) is 0 Å². The SMILES string of the molecule is COC(=O)C(Nc1ccc(F)cc1)c1cc(C)sc1C. The zero-order chi connectivity index (χ0) is 14.7. The average Bonchev–Trinajstić information content (AvgIpc) is 2.76. The van der Waals surface area contributed by atoms with E-state index in [1.807, 2.05) is 19.9 Å². The number of anilines is 1. The molecular formula is C15H16FNO2S. The highest BCUT2D eigenvalue weighted by Crippen LogP contribution is 2.29. The predicted octanol–water partition coefficient (Wildman–Crippen LogP) is 3.83. The van der Waals surface area contributed by atoms with Gasteiger partial charge in [0.25, 0.3) is 0 Å². The van der Waals surface area contributed by atoms with Gasteiger partial charge in [-0.3, -0.25) is 0 Å². The molecule has 106 valence electrons. The molecule has 1 heterocycles. The van der Waals surface area contributed by atoms with Gasteiger partial charge in [0.2, 0.25) is 0 Å². The molecule has 0 fully saturated rings. The number of nitrogens with one attached hydrogen (secondary N) is 1. The van der Waals surface area contributed by atoms with Crippen LogP contribution in [0.1, 0.15) is 21.4 Å². The van der Waals surface area contributed by atoms with Crippen molar-refractivity contribution in [2.75, 3.05) is 12.4 Å². The van der Waals surface area contributed by atoms with Gasteiger partial charge in [0.05, 0.1) is 7.11 Å². The number of esters is 1. The molecule has 1 unspecified atom stereocenters. The number of carbonyl (C=O) groups excluding carboxylic acids is 1. The van der Waals surface area contributed by atoms with E-state index in [9.17, 15) is 9.18 Å². The normalized spacial score (nSPS) is 12.0. The zero-order valence-corrected chi connectivity index (χ0v) is 12.4. The lowest BCUT2D eigenvalue weighted by Crippen LogP contribution is -2.22. The summed E-state index contributed by atoms with van der Waals surface area (Å²) in [6.07, 6.45) is 0. The summed E-state index contributed by atoms with van der Waals surface area (Å²) >= 11 is 1.63. The number of hydrogen-bond donors (Lipinski definition) is 1. The lowest BCUT2D eigenvalue weighted by Gasteiger charge is -2.17. The van der Waals surface area contributed by atoms with Crippen LogP contribution in [0.15, 0.2) is 30.3 Å². The Labute approximate surface area is 121 Å². The summed E-state index contributed by atoms with van der Waals surface area (Å²) < 4.78 is 17.8. The Kier molecular flexibility index (Phi) is 4.39. The standard InChI is InChI=1S/C15H16FNO2S/c1-9-8-13(10(2)20-9)14(15(18)19-3)17-12-6-4-11(16)5-7-12/h4-8,14,17H,1-3H3. The zero-order valence-electron chi connectivity index (χ0n) is 11.6. The first-order valence-corrected chi connectivity index (χ1v) is 6.99. The molecule has 0 bridgehead atoms. The fourth-order valence-electron chi connectivity index (χ4n) is 2.03. The van der Waals surface area contributed by atoms with E-state index in [0.717, 1.165) is 15.3 Å². The first-order valence-electron chi connectivity index (χ1n) is 6.18. The Bertz CT molecular complexity index is 607. The Morgan fingerprint density at radius 3 is 2.45 bits per heavy atom. The number of ether oxygens (including phenoxy) is 1. The van der Waals surface area contributed by atoms with Crippen LogP contribution in [0.3, 0.4) is 0 Å². The van der Waals surface area contributed by atoms with E-state index in [1.54, 1.807) is 23.5 Å². The van der Waals surface area contributed by atoms with Crippen molar-refractivity contribution in [3.05, 3.63) is 51.5 Å². The first kappa shape index (κ1) is 14.5. The molecule has 1 aromatic heterocycles. The number of thiophene rings is 1. The third-order valence-corrected chi connectivity index (χ3v) is 3.96. The fraction of sp³-hybridized carbons (Fsp3) is 0.267. The number of carbonyl (C=O) groups is 1. The summed E-state index contributed by atoms with van der Waals surface area (Å²) in [7, 11) is 1.36. The molecule has 3 nitrogen and oxygen atoms in total. The van der Waals surface area contributed by atoms with E-state index in [0.29, 0.717) is 5.69 Å². The summed E-state index contributed by atoms with van der Waals surface area (Å²) in [4.78, 5) is 14.2. The van der Waals surface area contributed by atoms with Gasteiger partial charge in [-0.1, -0.05) is 0 Å². The average molecular weight is 293 g/mol. The number of methoxy groups -OCH3 is 1. The summed E-state index contributed by atoms with van der Waals surface area (Å²) in [6, 6.07) is 7.28. The number of halogens is 1. The molecule has 2 rings (SSSR count). The van der Waals surface area contributed by atoms with Crippen molar-refractivity contribution in [1.29, 1.82) is 0 Å². The third kappa shape index (κ3) is 3.17. The lowest BCUT2D eigenvalue weighted by atomic mass is 10.1. The summed E-state index contributed by atoms with van der Waals surface area (Å²) in [6.45, 7) is 3.96. The van der Waals surface area contributed by atoms with Crippen LogP contribution in [0.5, 0.6) is 0 Å². The molecule has 1 aromatic carbocycles. The van der Waals surface area contributed by atoms with E-state index in [-0.39, 0.29) is 11.8 Å². The quantitative estimate of drug-likeness (QED) is 0.871. The summed E-state index contributed by atoms with van der Waals surface area (Å²) in [5.74, 6) is -0.678. The number of benzene rings is 1. The van der Waals surface area contributed by atoms with Gasteiger partial charge in [0.1, 0.15) is 5.82 Å². The summed E-state index contributed by atoms with van der Waals surface area (Å²) in [5, 5.41) is 3.09. The number of rotatable bonds is 4. The fourth-order valence-corrected chi connectivity index (χ4v) is 2.99. The highest BCUT2D eigenvalue weighted by Gasteiger charge is 2.24. The summed E-state index contributed by atoms with van der Waals surface area (Å²) in [5.41, 5.74) is 1.56. The molecular weight excluding hydrogens is 277 g/mol. The molecule has 0 aliphatic heterocycles. The minimum Gasteiger partial charge on any atom is -0.467 e. The van der Waals surface area contributed by atoms with Crippen molar-refractivity contribution in [1.82, 2.24) is 0 Å². The maximum Gasteiger partial charge on any atom is 0.333 e. The van der Waals surface area contributed by atoms with Crippen LogP contribution in [0, 0.1) is 19.7 Å². The molecule has 0 aliphatic rings. The number of hydrogen-bond acceptors (Lipinski definition) is 4. The van der Waals surface area contributed by atoms with Gasteiger partial charge in [-0.15, -0.1) is 11.3 Å². The minimum absolute atomic E-state index is 0.312. The van der Waals surface area contributed by atoms with Crippen molar-refractivity contribution in [2.24, 2.45) is 0 Å². The van der Waals surface area contributed by atoms with E-state index < -0.39 is 6.04 Å². The van der Waals surface area contributed by atoms with E-state index in [1.165, 1.54) is 19.2 Å². The van der Waals surface area contributed by atoms with Crippen LogP contribution in [-0.4, -0.2) is 13.1 Å². The van der Waals surface area contributed by atoms with Gasteiger partial charge in [-0.2, -0.15) is 0 Å². The highest BCUT2D eigenvalue weighted by molar-refractivity contribution is 7.12. The van der Waals surface area contributed by atoms with Gasteiger partial charge < -0.3 is 10.1 Å². The van der Waals surface area contributed by atoms with Crippen molar-refractivity contribution >= 4 is 23.0 Å². The lowest BCUT2D eigenvalue weighted by molar-refractivity contribution is -0.141. The largest absolute Gasteiger partial charge is 0.467 e. The minimum atomic E-state index is -0.588. The maximum atomic E-state index is 12.9. The van der Waals surface area contributed by atoms with Crippen molar-refractivity contribution in [2.45, 2.75) is 19.9 Å². The van der Waals surface area contributed by atoms with Crippen LogP contribution >= 0.6 is 11.3 Å². The molecule has 5 heteroatoms. The second kappa shape index (κ2) is 6.05. The van der Waals surface area contributed by atoms with Crippen LogP contribution in [0.4, 0.5) is 10.1 Å². The van der Waals surface area contributed by atoms with Gasteiger partial charge in [-0.25, -0.2) is 9.18 Å². The van der Waals surface area contributed by atoms with Crippen molar-refractivity contribution < 1.29 is 13.9 Å². The molecule has 0 spiro atoms. The topological polar surface area (TPSA) is 38.3 Å². The van der Waals surface area contributed by atoms with Crippen molar-refractivity contribution in [3.63, 3.8) is 0 Å². The van der Waals surface area contributed by atoms with Gasteiger partial charge in [0.15, 0.2) is 6.04 Å². The second-order valence-electron chi connectivity index (χ2n) is 4.48. The first-order chi connectivity index (χ1) is 9.51. The Hall–Kier alpha value is -1.88. The molecule has 1 atom stereocenters. The van der Waals surface area contributed by atoms with Crippen molar-refractivity contribution in [3.8, 4) is 0 Å². The molecule has 2 aromatic rings. The Balaban J connectivity index is 2.31. The van der Waals surface area contributed by atoms with Crippen LogP contribution in [0.2, 0.25) is 0 Å². The van der Waals surface area contributed by atoms with Gasteiger partial charge in [-0.05, 0) is 49.7 Å². The molecule has 20 heavy (non-hydrogen) atoms. The third-order valence-electron chi connectivity index (χ3n) is 2.98. The second-order valence-corrected chi connectivity index (χ2v) is 5.94. The molecule has 0 saturated heterocycles. The highest BCUT2D eigenvalue weighted by atomic mass is 32.1. The van der Waals surface area contributed by atoms with Gasteiger partial charge >= 0.3 is 5.97 Å². The predicted molar refractivity (Wildman–Crippen MR) is 78.6 cm³/mol. The smallest absolute Gasteiger partial charge is 0.333 e. The van der Waals surface area contributed by atoms with Crippen LogP contribution < -0.4 is 5.32 Å². The maximum absolute atomic E-state index is 12.9. The van der Waals surface area contributed by atoms with Gasteiger partial charge in [0, 0.05) is 15.4 Å². The molecule has 1 N–H and O–H groups in total. The molecule has 0 aliphatic carbocycles. The molecule has 0 saturated carbocycles. The van der Waals surface area contributed by atoms with E-state index in [2.05, 4.69) is 5.32 Å². The Morgan fingerprint density at radius 2 is 1.95 bits per heavy atom. The van der Waals surface area contributed by atoms with E-state index in [4.69, 9.17) is 4.74 Å². The number of aryl methyl sites for hydroxylation is 2. The molecule has 0 amide bonds. The monoisotopic (exact) mass is 293 g/mol. The Morgan fingerprint density at radius 1 is 1.30 bits per heavy atom. The van der Waals surface area contributed by atoms with Crippen LogP contribution in [-0.2, 0) is 9.53 Å².